The number of aromatic nitrogens is 1. The SMILES string of the molecule is CN(C)C(N)c1cccnc1. The first-order valence-corrected chi connectivity index (χ1v) is 3.54. The number of rotatable bonds is 2. The van der Waals surface area contributed by atoms with Crippen LogP contribution < -0.4 is 5.73 Å². The second-order valence-corrected chi connectivity index (χ2v) is 2.69. The van der Waals surface area contributed by atoms with Gasteiger partial charge in [-0.15, -0.1) is 0 Å². The molecule has 3 heteroatoms. The topological polar surface area (TPSA) is 42.1 Å². The minimum absolute atomic E-state index is 0.0521. The van der Waals surface area contributed by atoms with Crippen LogP contribution >= 0.6 is 0 Å². The zero-order valence-corrected chi connectivity index (χ0v) is 6.86. The third kappa shape index (κ3) is 2.00. The first-order valence-electron chi connectivity index (χ1n) is 3.54. The Morgan fingerprint density at radius 3 is 2.73 bits per heavy atom. The van der Waals surface area contributed by atoms with E-state index in [1.165, 1.54) is 0 Å². The van der Waals surface area contributed by atoms with Crippen LogP contribution in [0.4, 0.5) is 0 Å². The monoisotopic (exact) mass is 151 g/mol. The van der Waals surface area contributed by atoms with Gasteiger partial charge in [-0.3, -0.25) is 9.88 Å². The van der Waals surface area contributed by atoms with E-state index in [4.69, 9.17) is 5.73 Å². The van der Waals surface area contributed by atoms with Gasteiger partial charge in [0.2, 0.25) is 0 Å². The number of hydrogen-bond acceptors (Lipinski definition) is 3. The molecule has 0 radical (unpaired) electrons. The zero-order valence-electron chi connectivity index (χ0n) is 6.86. The Bertz CT molecular complexity index is 208. The van der Waals surface area contributed by atoms with Crippen LogP contribution in [0.5, 0.6) is 0 Å². The fourth-order valence-electron chi connectivity index (χ4n) is 0.849. The zero-order chi connectivity index (χ0) is 8.27. The van der Waals surface area contributed by atoms with Gasteiger partial charge in [0, 0.05) is 18.0 Å². The van der Waals surface area contributed by atoms with Crippen molar-refractivity contribution in [2.24, 2.45) is 5.73 Å². The molecule has 60 valence electrons. The molecular weight excluding hydrogens is 138 g/mol. The summed E-state index contributed by atoms with van der Waals surface area (Å²) < 4.78 is 0. The van der Waals surface area contributed by atoms with Crippen LogP contribution in [0.2, 0.25) is 0 Å². The van der Waals surface area contributed by atoms with Crippen LogP contribution in [-0.2, 0) is 0 Å². The van der Waals surface area contributed by atoms with E-state index in [1.54, 1.807) is 12.4 Å². The van der Waals surface area contributed by atoms with Crippen molar-refractivity contribution in [3.05, 3.63) is 30.1 Å². The summed E-state index contributed by atoms with van der Waals surface area (Å²) in [4.78, 5) is 5.92. The van der Waals surface area contributed by atoms with Gasteiger partial charge in [-0.1, -0.05) is 6.07 Å². The Balaban J connectivity index is 2.77. The van der Waals surface area contributed by atoms with E-state index in [0.717, 1.165) is 5.56 Å². The average molecular weight is 151 g/mol. The first-order chi connectivity index (χ1) is 5.22. The highest BCUT2D eigenvalue weighted by Gasteiger charge is 2.06. The van der Waals surface area contributed by atoms with E-state index in [9.17, 15) is 0 Å². The van der Waals surface area contributed by atoms with E-state index >= 15 is 0 Å². The molecular formula is C8H13N3. The molecule has 11 heavy (non-hydrogen) atoms. The molecule has 0 aliphatic rings. The van der Waals surface area contributed by atoms with Crippen molar-refractivity contribution in [1.29, 1.82) is 0 Å². The molecule has 0 saturated carbocycles. The fraction of sp³-hybridized carbons (Fsp3) is 0.375. The van der Waals surface area contributed by atoms with E-state index < -0.39 is 0 Å². The lowest BCUT2D eigenvalue weighted by atomic mass is 10.2. The van der Waals surface area contributed by atoms with Crippen LogP contribution in [0.3, 0.4) is 0 Å². The molecule has 0 aliphatic carbocycles. The summed E-state index contributed by atoms with van der Waals surface area (Å²) in [7, 11) is 3.88. The van der Waals surface area contributed by atoms with Crippen molar-refractivity contribution >= 4 is 0 Å². The summed E-state index contributed by atoms with van der Waals surface area (Å²) in [5.41, 5.74) is 6.86. The Labute approximate surface area is 66.8 Å². The smallest absolute Gasteiger partial charge is 0.0845 e. The maximum Gasteiger partial charge on any atom is 0.0845 e. The van der Waals surface area contributed by atoms with Crippen LogP contribution in [0.1, 0.15) is 11.7 Å². The largest absolute Gasteiger partial charge is 0.312 e. The molecule has 0 bridgehead atoms. The van der Waals surface area contributed by atoms with Crippen LogP contribution in [0.15, 0.2) is 24.5 Å². The highest BCUT2D eigenvalue weighted by atomic mass is 15.2. The lowest BCUT2D eigenvalue weighted by Gasteiger charge is -2.18. The summed E-state index contributed by atoms with van der Waals surface area (Å²) in [5, 5.41) is 0. The maximum absolute atomic E-state index is 5.82. The van der Waals surface area contributed by atoms with E-state index in [2.05, 4.69) is 4.98 Å². The Morgan fingerprint density at radius 1 is 1.55 bits per heavy atom. The highest BCUT2D eigenvalue weighted by molar-refractivity contribution is 5.12. The number of pyridine rings is 1. The van der Waals surface area contributed by atoms with Crippen molar-refractivity contribution < 1.29 is 0 Å². The number of hydrogen-bond donors (Lipinski definition) is 1. The first kappa shape index (κ1) is 8.17. The number of nitrogens with zero attached hydrogens (tertiary/aromatic N) is 2. The summed E-state index contributed by atoms with van der Waals surface area (Å²) in [5.74, 6) is 0. The molecule has 0 aliphatic heterocycles. The maximum atomic E-state index is 5.82. The molecule has 0 aromatic carbocycles. The van der Waals surface area contributed by atoms with Gasteiger partial charge < -0.3 is 5.73 Å². The third-order valence-electron chi connectivity index (χ3n) is 1.58. The van der Waals surface area contributed by atoms with Crippen molar-refractivity contribution in [1.82, 2.24) is 9.88 Å². The summed E-state index contributed by atoms with van der Waals surface area (Å²) in [6.07, 6.45) is 3.47. The van der Waals surface area contributed by atoms with Gasteiger partial charge in [0.25, 0.3) is 0 Å². The van der Waals surface area contributed by atoms with Gasteiger partial charge in [-0.25, -0.2) is 0 Å². The van der Waals surface area contributed by atoms with E-state index in [-0.39, 0.29) is 6.17 Å². The minimum atomic E-state index is -0.0521. The van der Waals surface area contributed by atoms with Crippen LogP contribution in [0.25, 0.3) is 0 Å². The van der Waals surface area contributed by atoms with Crippen molar-refractivity contribution in [2.45, 2.75) is 6.17 Å². The second kappa shape index (κ2) is 3.46. The standard InChI is InChI=1S/C8H13N3/c1-11(2)8(9)7-4-3-5-10-6-7/h3-6,8H,9H2,1-2H3. The molecule has 1 unspecified atom stereocenters. The lowest BCUT2D eigenvalue weighted by molar-refractivity contribution is 0.306. The Morgan fingerprint density at radius 2 is 2.27 bits per heavy atom. The average Bonchev–Trinajstić information content (AvgIpc) is 2.05. The van der Waals surface area contributed by atoms with Crippen LogP contribution in [0, 0.1) is 0 Å². The van der Waals surface area contributed by atoms with Gasteiger partial charge in [0.1, 0.15) is 0 Å². The molecule has 0 fully saturated rings. The van der Waals surface area contributed by atoms with E-state index in [0.29, 0.717) is 0 Å². The molecule has 0 amide bonds. The molecule has 1 heterocycles. The van der Waals surface area contributed by atoms with Gasteiger partial charge in [0.15, 0.2) is 0 Å². The lowest BCUT2D eigenvalue weighted by Crippen LogP contribution is -2.27. The molecule has 1 rings (SSSR count). The Hall–Kier alpha value is -0.930. The summed E-state index contributed by atoms with van der Waals surface area (Å²) in [6.45, 7) is 0. The van der Waals surface area contributed by atoms with E-state index in [1.807, 2.05) is 31.1 Å². The molecule has 3 nitrogen and oxygen atoms in total. The highest BCUT2D eigenvalue weighted by Crippen LogP contribution is 2.08. The molecule has 1 aromatic heterocycles. The van der Waals surface area contributed by atoms with Gasteiger partial charge in [-0.2, -0.15) is 0 Å². The van der Waals surface area contributed by atoms with Crippen molar-refractivity contribution in [3.8, 4) is 0 Å². The predicted octanol–water partition coefficient (Wildman–Crippen LogP) is 0.600. The van der Waals surface area contributed by atoms with Gasteiger partial charge >= 0.3 is 0 Å². The minimum Gasteiger partial charge on any atom is -0.312 e. The van der Waals surface area contributed by atoms with Crippen molar-refractivity contribution in [2.75, 3.05) is 14.1 Å². The van der Waals surface area contributed by atoms with Gasteiger partial charge in [0.05, 0.1) is 6.17 Å². The summed E-state index contributed by atoms with van der Waals surface area (Å²) in [6, 6.07) is 3.86. The third-order valence-corrected chi connectivity index (χ3v) is 1.58. The Kier molecular flexibility index (Phi) is 2.57. The molecule has 1 atom stereocenters. The fourth-order valence-corrected chi connectivity index (χ4v) is 0.849. The van der Waals surface area contributed by atoms with Crippen molar-refractivity contribution in [3.63, 3.8) is 0 Å². The normalized spacial score (nSPS) is 13.5. The molecule has 1 aromatic rings. The quantitative estimate of drug-likeness (QED) is 0.629. The molecule has 0 spiro atoms. The summed E-state index contributed by atoms with van der Waals surface area (Å²) >= 11 is 0. The van der Waals surface area contributed by atoms with Crippen LogP contribution in [-0.4, -0.2) is 24.0 Å². The molecule has 2 N–H and O–H groups in total. The second-order valence-electron chi connectivity index (χ2n) is 2.69. The molecule has 0 saturated heterocycles. The van der Waals surface area contributed by atoms with Gasteiger partial charge in [-0.05, 0) is 20.2 Å². The predicted molar refractivity (Wildman–Crippen MR) is 44.9 cm³/mol. The number of nitrogens with two attached hydrogens (primary N) is 1.